The van der Waals surface area contributed by atoms with E-state index in [2.05, 4.69) is 27.7 Å². The Hall–Kier alpha value is -1.59. The molecule has 53 heavy (non-hydrogen) atoms. The number of carbonyl (C=O) groups excluding carboxylic acids is 3. The summed E-state index contributed by atoms with van der Waals surface area (Å²) in [4.78, 5) is 37.7. The molecule has 0 spiro atoms. The molecule has 0 saturated heterocycles. The average Bonchev–Trinajstić information content (AvgIpc) is 3.14. The maximum atomic E-state index is 12.7. The van der Waals surface area contributed by atoms with Crippen molar-refractivity contribution in [3.8, 4) is 0 Å². The van der Waals surface area contributed by atoms with Crippen molar-refractivity contribution >= 4 is 17.9 Å². The molecular formula is C47H90O6. The van der Waals surface area contributed by atoms with E-state index < -0.39 is 6.10 Å². The molecule has 0 bridgehead atoms. The van der Waals surface area contributed by atoms with Crippen LogP contribution in [0.5, 0.6) is 0 Å². The van der Waals surface area contributed by atoms with E-state index >= 15 is 0 Å². The van der Waals surface area contributed by atoms with Crippen LogP contribution < -0.4 is 0 Å². The minimum atomic E-state index is -0.759. The zero-order valence-corrected chi connectivity index (χ0v) is 36.0. The van der Waals surface area contributed by atoms with E-state index in [4.69, 9.17) is 14.2 Å². The average molecular weight is 751 g/mol. The second kappa shape index (κ2) is 41.6. The van der Waals surface area contributed by atoms with Gasteiger partial charge < -0.3 is 14.2 Å². The molecule has 1 atom stereocenters. The van der Waals surface area contributed by atoms with Gasteiger partial charge in [0.1, 0.15) is 13.2 Å². The van der Waals surface area contributed by atoms with Crippen LogP contribution in [0.1, 0.15) is 259 Å². The summed E-state index contributed by atoms with van der Waals surface area (Å²) < 4.78 is 16.7. The molecule has 0 radical (unpaired) electrons. The van der Waals surface area contributed by atoms with Gasteiger partial charge in [0.2, 0.25) is 0 Å². The van der Waals surface area contributed by atoms with Crippen molar-refractivity contribution in [3.63, 3.8) is 0 Å². The summed E-state index contributed by atoms with van der Waals surface area (Å²) in [6.45, 7) is 8.98. The number of carbonyl (C=O) groups is 3. The highest BCUT2D eigenvalue weighted by Crippen LogP contribution is 2.16. The van der Waals surface area contributed by atoms with Crippen LogP contribution >= 0.6 is 0 Å². The van der Waals surface area contributed by atoms with E-state index in [-0.39, 0.29) is 31.1 Å². The van der Waals surface area contributed by atoms with Gasteiger partial charge in [-0.2, -0.15) is 0 Å². The summed E-state index contributed by atoms with van der Waals surface area (Å²) in [5, 5.41) is 0. The van der Waals surface area contributed by atoms with Crippen LogP contribution in [0.4, 0.5) is 0 Å². The van der Waals surface area contributed by atoms with Crippen LogP contribution in [-0.4, -0.2) is 37.2 Å². The molecule has 0 aliphatic heterocycles. The lowest BCUT2D eigenvalue weighted by Crippen LogP contribution is -2.30. The molecule has 0 fully saturated rings. The Morgan fingerprint density at radius 2 is 0.623 bits per heavy atom. The maximum absolute atomic E-state index is 12.7. The lowest BCUT2D eigenvalue weighted by atomic mass is 10.0. The van der Waals surface area contributed by atoms with E-state index in [0.717, 1.165) is 63.7 Å². The second-order valence-corrected chi connectivity index (χ2v) is 16.5. The number of esters is 3. The van der Waals surface area contributed by atoms with Crippen molar-refractivity contribution in [2.45, 2.75) is 265 Å². The van der Waals surface area contributed by atoms with Gasteiger partial charge in [-0.25, -0.2) is 0 Å². The Bertz CT molecular complexity index is 796. The molecule has 0 aromatic carbocycles. The molecular weight excluding hydrogens is 661 g/mol. The van der Waals surface area contributed by atoms with E-state index in [0.29, 0.717) is 19.3 Å². The standard InChI is InChI=1S/C47H90O6/c1-5-7-9-11-13-15-17-18-24-28-32-36-40-47(50)53-44(41-51-45(48)38-34-30-26-22-16-14-12-10-8-6-2)42-52-46(49)39-35-31-27-23-20-19-21-25-29-33-37-43(3)4/h43-44H,5-42H2,1-4H3/t44-/m1/s1. The fraction of sp³-hybridized carbons (Fsp3) is 0.936. The van der Waals surface area contributed by atoms with Crippen molar-refractivity contribution in [1.82, 2.24) is 0 Å². The normalized spacial score (nSPS) is 11.9. The van der Waals surface area contributed by atoms with Crippen molar-refractivity contribution < 1.29 is 28.6 Å². The minimum Gasteiger partial charge on any atom is -0.462 e. The monoisotopic (exact) mass is 751 g/mol. The summed E-state index contributed by atoms with van der Waals surface area (Å²) in [6.07, 6.45) is 40.8. The summed E-state index contributed by atoms with van der Waals surface area (Å²) in [6, 6.07) is 0. The zero-order valence-electron chi connectivity index (χ0n) is 36.0. The summed E-state index contributed by atoms with van der Waals surface area (Å²) in [5.74, 6) is -0.0350. The number of rotatable bonds is 42. The first-order valence-corrected chi connectivity index (χ1v) is 23.4. The fourth-order valence-electron chi connectivity index (χ4n) is 6.98. The van der Waals surface area contributed by atoms with Gasteiger partial charge in [-0.05, 0) is 25.2 Å². The van der Waals surface area contributed by atoms with Gasteiger partial charge in [0.25, 0.3) is 0 Å². The number of ether oxygens (including phenoxy) is 3. The lowest BCUT2D eigenvalue weighted by molar-refractivity contribution is -0.167. The zero-order chi connectivity index (χ0) is 38.9. The first-order chi connectivity index (χ1) is 25.9. The van der Waals surface area contributed by atoms with Crippen molar-refractivity contribution in [3.05, 3.63) is 0 Å². The second-order valence-electron chi connectivity index (χ2n) is 16.5. The SMILES string of the molecule is CCCCCCCCCCCCCCC(=O)O[C@H](COC(=O)CCCCCCCCCCCC)COC(=O)CCCCCCCCCCCCC(C)C. The van der Waals surface area contributed by atoms with Crippen LogP contribution in [-0.2, 0) is 28.6 Å². The minimum absolute atomic E-state index is 0.0637. The first kappa shape index (κ1) is 51.4. The lowest BCUT2D eigenvalue weighted by Gasteiger charge is -2.18. The van der Waals surface area contributed by atoms with Gasteiger partial charge in [-0.1, -0.05) is 220 Å². The van der Waals surface area contributed by atoms with E-state index in [1.807, 2.05) is 0 Å². The Morgan fingerprint density at radius 3 is 0.925 bits per heavy atom. The number of hydrogen-bond acceptors (Lipinski definition) is 6. The fourth-order valence-corrected chi connectivity index (χ4v) is 6.98. The molecule has 0 N–H and O–H groups in total. The molecule has 0 amide bonds. The third kappa shape index (κ3) is 41.4. The Labute approximate surface area is 329 Å². The summed E-state index contributed by atoms with van der Waals surface area (Å²) in [7, 11) is 0. The predicted molar refractivity (Wildman–Crippen MR) is 224 cm³/mol. The molecule has 0 heterocycles. The van der Waals surface area contributed by atoms with Gasteiger partial charge in [0.05, 0.1) is 0 Å². The molecule has 0 aliphatic carbocycles. The van der Waals surface area contributed by atoms with Crippen LogP contribution in [0.25, 0.3) is 0 Å². The third-order valence-electron chi connectivity index (χ3n) is 10.5. The first-order valence-electron chi connectivity index (χ1n) is 23.4. The Morgan fingerprint density at radius 1 is 0.358 bits per heavy atom. The largest absolute Gasteiger partial charge is 0.462 e. The number of hydrogen-bond donors (Lipinski definition) is 0. The maximum Gasteiger partial charge on any atom is 0.306 e. The highest BCUT2D eigenvalue weighted by atomic mass is 16.6. The molecule has 0 aliphatic rings. The van der Waals surface area contributed by atoms with Gasteiger partial charge in [0, 0.05) is 19.3 Å². The molecule has 0 aromatic rings. The van der Waals surface area contributed by atoms with Crippen LogP contribution in [0.15, 0.2) is 0 Å². The molecule has 0 aromatic heterocycles. The molecule has 0 unspecified atom stereocenters. The van der Waals surface area contributed by atoms with E-state index in [1.165, 1.54) is 154 Å². The third-order valence-corrected chi connectivity index (χ3v) is 10.5. The molecule has 0 saturated carbocycles. The predicted octanol–water partition coefficient (Wildman–Crippen LogP) is 14.7. The van der Waals surface area contributed by atoms with Crippen molar-refractivity contribution in [2.75, 3.05) is 13.2 Å². The molecule has 0 rings (SSSR count). The Balaban J connectivity index is 4.32. The van der Waals surface area contributed by atoms with Crippen molar-refractivity contribution in [1.29, 1.82) is 0 Å². The molecule has 314 valence electrons. The quantitative estimate of drug-likeness (QED) is 0.0351. The van der Waals surface area contributed by atoms with E-state index in [1.54, 1.807) is 0 Å². The van der Waals surface area contributed by atoms with Crippen molar-refractivity contribution in [2.24, 2.45) is 5.92 Å². The summed E-state index contributed by atoms with van der Waals surface area (Å²) >= 11 is 0. The van der Waals surface area contributed by atoms with Crippen LogP contribution in [0, 0.1) is 5.92 Å². The van der Waals surface area contributed by atoms with Crippen LogP contribution in [0.2, 0.25) is 0 Å². The number of unbranched alkanes of at least 4 members (excludes halogenated alkanes) is 29. The molecule has 6 nitrogen and oxygen atoms in total. The highest BCUT2D eigenvalue weighted by Gasteiger charge is 2.19. The van der Waals surface area contributed by atoms with Gasteiger partial charge in [-0.15, -0.1) is 0 Å². The van der Waals surface area contributed by atoms with Gasteiger partial charge in [0.15, 0.2) is 6.10 Å². The molecule has 6 heteroatoms. The summed E-state index contributed by atoms with van der Waals surface area (Å²) in [5.41, 5.74) is 0. The highest BCUT2D eigenvalue weighted by molar-refractivity contribution is 5.71. The Kier molecular flexibility index (Phi) is 40.3. The van der Waals surface area contributed by atoms with Crippen LogP contribution in [0.3, 0.4) is 0 Å². The van der Waals surface area contributed by atoms with Gasteiger partial charge in [-0.3, -0.25) is 14.4 Å². The van der Waals surface area contributed by atoms with E-state index in [9.17, 15) is 14.4 Å². The smallest absolute Gasteiger partial charge is 0.306 e. The topological polar surface area (TPSA) is 78.9 Å². The van der Waals surface area contributed by atoms with Gasteiger partial charge >= 0.3 is 17.9 Å².